The normalized spacial score (nSPS) is 28.0. The number of aliphatic hydroxyl groups excluding tert-OH is 2. The number of nitrogens with zero attached hydrogens (tertiary/aromatic N) is 2. The average molecular weight is 591 g/mol. The van der Waals surface area contributed by atoms with Crippen molar-refractivity contribution >= 4 is 28.9 Å². The molecule has 0 radical (unpaired) electrons. The number of fused-ring (bicyclic) bond motifs is 3. The molecular formula is C30H33F3N2O7. The maximum atomic E-state index is 15.0. The van der Waals surface area contributed by atoms with Gasteiger partial charge in [-0.3, -0.25) is 24.2 Å². The number of carbonyl (C=O) groups is 3. The Hall–Kier alpha value is -3.48. The lowest BCUT2D eigenvalue weighted by molar-refractivity contribution is -0.153. The Morgan fingerprint density at radius 3 is 2.31 bits per heavy atom. The SMILES string of the molecule is CC(=O)C1=C(O)[C@@]2(O)C(=O)C3=C(O)c4c(O)c(CN5CCCCC5)cc(C(F)=C(F)F)c4CC3CC2[C@@H](N(C)C)C1=O. The summed E-state index contributed by atoms with van der Waals surface area (Å²) in [5, 5.41) is 45.6. The van der Waals surface area contributed by atoms with Gasteiger partial charge in [0.05, 0.1) is 11.6 Å². The minimum Gasteiger partial charge on any atom is -0.508 e. The predicted molar refractivity (Wildman–Crippen MR) is 145 cm³/mol. The average Bonchev–Trinajstić information content (AvgIpc) is 2.92. The number of benzene rings is 1. The lowest BCUT2D eigenvalue weighted by atomic mass is 9.57. The fourth-order valence-electron chi connectivity index (χ4n) is 7.25. The van der Waals surface area contributed by atoms with Crippen LogP contribution in [0.15, 0.2) is 29.1 Å². The van der Waals surface area contributed by atoms with Gasteiger partial charge in [0.25, 0.3) is 0 Å². The highest BCUT2D eigenvalue weighted by molar-refractivity contribution is 6.25. The lowest BCUT2D eigenvalue weighted by Crippen LogP contribution is -2.65. The van der Waals surface area contributed by atoms with Crippen LogP contribution in [0.2, 0.25) is 0 Å². The molecule has 0 aromatic heterocycles. The van der Waals surface area contributed by atoms with Gasteiger partial charge < -0.3 is 20.4 Å². The van der Waals surface area contributed by atoms with Crippen molar-refractivity contribution in [1.82, 2.24) is 9.80 Å². The summed E-state index contributed by atoms with van der Waals surface area (Å²) in [4.78, 5) is 43.0. The van der Waals surface area contributed by atoms with E-state index in [1.807, 2.05) is 4.90 Å². The van der Waals surface area contributed by atoms with E-state index in [-0.39, 0.29) is 30.5 Å². The number of halogens is 3. The van der Waals surface area contributed by atoms with Crippen molar-refractivity contribution in [2.45, 2.75) is 57.2 Å². The smallest absolute Gasteiger partial charge is 0.306 e. The highest BCUT2D eigenvalue weighted by atomic mass is 19.3. The van der Waals surface area contributed by atoms with Crippen LogP contribution >= 0.6 is 0 Å². The van der Waals surface area contributed by atoms with Crippen LogP contribution in [0, 0.1) is 11.8 Å². The van der Waals surface area contributed by atoms with E-state index in [2.05, 4.69) is 0 Å². The van der Waals surface area contributed by atoms with Crippen molar-refractivity contribution in [3.05, 3.63) is 51.3 Å². The van der Waals surface area contributed by atoms with Gasteiger partial charge in [-0.05, 0) is 77.3 Å². The summed E-state index contributed by atoms with van der Waals surface area (Å²) in [7, 11) is 2.99. The Morgan fingerprint density at radius 1 is 1.10 bits per heavy atom. The van der Waals surface area contributed by atoms with Gasteiger partial charge in [0.15, 0.2) is 23.0 Å². The molecule has 0 bridgehead atoms. The lowest BCUT2D eigenvalue weighted by Gasteiger charge is -2.50. The molecule has 1 saturated carbocycles. The molecule has 4 aliphatic rings. The third-order valence-electron chi connectivity index (χ3n) is 9.15. The molecule has 1 aromatic carbocycles. The second kappa shape index (κ2) is 10.7. The Morgan fingerprint density at radius 2 is 1.74 bits per heavy atom. The molecule has 3 aliphatic carbocycles. The highest BCUT2D eigenvalue weighted by Crippen LogP contribution is 2.54. The molecule has 4 atom stereocenters. The van der Waals surface area contributed by atoms with Gasteiger partial charge in [0.2, 0.25) is 5.78 Å². The first kappa shape index (κ1) is 30.0. The molecule has 12 heteroatoms. The summed E-state index contributed by atoms with van der Waals surface area (Å²) in [6, 6.07) is -0.0877. The highest BCUT2D eigenvalue weighted by Gasteiger charge is 2.64. The van der Waals surface area contributed by atoms with Crippen LogP contribution < -0.4 is 0 Å². The standard InChI is InChI=1S/C30H33F3N2O7/c1-13(36)19-26(39)23(34(2)3)18-11-14-9-16-17(22(31)29(32)33)10-15(12-35-7-5-4-6-8-35)24(37)21(16)25(38)20(14)28(41)30(18,42)27(19)40/h10,14,18,23,37-38,40,42H,4-9,11-12H2,1-3H3/t14?,18?,23-,30-/m1/s1. The summed E-state index contributed by atoms with van der Waals surface area (Å²) >= 11 is 0. The second-order valence-electron chi connectivity index (χ2n) is 11.9. The zero-order valence-electron chi connectivity index (χ0n) is 23.5. The third-order valence-corrected chi connectivity index (χ3v) is 9.15. The van der Waals surface area contributed by atoms with E-state index in [0.29, 0.717) is 13.1 Å². The maximum absolute atomic E-state index is 15.0. The van der Waals surface area contributed by atoms with Crippen molar-refractivity contribution in [1.29, 1.82) is 0 Å². The van der Waals surface area contributed by atoms with Crippen molar-refractivity contribution in [2.24, 2.45) is 11.8 Å². The molecule has 2 unspecified atom stereocenters. The van der Waals surface area contributed by atoms with Gasteiger partial charge in [-0.1, -0.05) is 6.42 Å². The van der Waals surface area contributed by atoms with E-state index in [9.17, 15) is 48.0 Å². The zero-order chi connectivity index (χ0) is 30.8. The number of hydrogen-bond acceptors (Lipinski definition) is 9. The number of hydrogen-bond donors (Lipinski definition) is 4. The first-order valence-corrected chi connectivity index (χ1v) is 13.9. The van der Waals surface area contributed by atoms with Gasteiger partial charge in [0.1, 0.15) is 22.8 Å². The summed E-state index contributed by atoms with van der Waals surface area (Å²) in [5.41, 5.74) is -4.88. The summed E-state index contributed by atoms with van der Waals surface area (Å²) in [6.07, 6.45) is -0.300. The van der Waals surface area contributed by atoms with Crippen LogP contribution in [-0.2, 0) is 27.3 Å². The van der Waals surface area contributed by atoms with Gasteiger partial charge in [0, 0.05) is 29.2 Å². The van der Waals surface area contributed by atoms with Crippen LogP contribution in [0.1, 0.15) is 54.9 Å². The van der Waals surface area contributed by atoms with Gasteiger partial charge in [-0.15, -0.1) is 0 Å². The van der Waals surface area contributed by atoms with Crippen LogP contribution in [0.5, 0.6) is 5.75 Å². The molecule has 1 aromatic rings. The van der Waals surface area contributed by atoms with Crippen LogP contribution in [0.25, 0.3) is 11.6 Å². The number of aliphatic hydroxyl groups is 3. The largest absolute Gasteiger partial charge is 0.508 e. The fraction of sp³-hybridized carbons (Fsp3) is 0.500. The Labute approximate surface area is 240 Å². The first-order chi connectivity index (χ1) is 19.7. The first-order valence-electron chi connectivity index (χ1n) is 13.9. The molecule has 0 spiro atoms. The van der Waals surface area contributed by atoms with E-state index in [4.69, 9.17) is 0 Å². The van der Waals surface area contributed by atoms with Crippen molar-refractivity contribution < 1.29 is 48.0 Å². The van der Waals surface area contributed by atoms with Crippen molar-refractivity contribution in [2.75, 3.05) is 27.2 Å². The molecule has 0 amide bonds. The third kappa shape index (κ3) is 4.38. The molecule has 1 saturated heterocycles. The van der Waals surface area contributed by atoms with Crippen molar-refractivity contribution in [3.8, 4) is 5.75 Å². The number of likely N-dealkylation sites (N-methyl/N-ethyl adjacent to an activating group) is 1. The molecule has 42 heavy (non-hydrogen) atoms. The minimum absolute atomic E-state index is 0.0741. The summed E-state index contributed by atoms with van der Waals surface area (Å²) < 4.78 is 42.3. The monoisotopic (exact) mass is 590 g/mol. The number of piperidine rings is 1. The van der Waals surface area contributed by atoms with E-state index >= 15 is 0 Å². The molecule has 4 N–H and O–H groups in total. The number of phenolic OH excluding ortho intramolecular Hbond substituents is 1. The van der Waals surface area contributed by atoms with Gasteiger partial charge >= 0.3 is 6.08 Å². The molecule has 9 nitrogen and oxygen atoms in total. The zero-order valence-corrected chi connectivity index (χ0v) is 23.5. The van der Waals surface area contributed by atoms with Crippen LogP contribution in [-0.4, -0.2) is 86.4 Å². The Bertz CT molecular complexity index is 1490. The molecule has 1 aliphatic heterocycles. The van der Waals surface area contributed by atoms with Crippen LogP contribution in [0.3, 0.4) is 0 Å². The predicted octanol–water partition coefficient (Wildman–Crippen LogP) is 3.59. The number of rotatable bonds is 5. The Balaban J connectivity index is 1.73. The number of ketones is 3. The van der Waals surface area contributed by atoms with E-state index in [1.165, 1.54) is 19.0 Å². The van der Waals surface area contributed by atoms with Crippen LogP contribution in [0.4, 0.5) is 13.2 Å². The maximum Gasteiger partial charge on any atom is 0.306 e. The van der Waals surface area contributed by atoms with Gasteiger partial charge in [-0.2, -0.15) is 8.78 Å². The quantitative estimate of drug-likeness (QED) is 0.379. The fourth-order valence-corrected chi connectivity index (χ4v) is 7.25. The number of aromatic hydroxyl groups is 1. The van der Waals surface area contributed by atoms with E-state index in [1.54, 1.807) is 0 Å². The Kier molecular flexibility index (Phi) is 7.61. The van der Waals surface area contributed by atoms with Crippen molar-refractivity contribution in [3.63, 3.8) is 0 Å². The number of Topliss-reactive ketones (excluding diaryl/α,β-unsaturated/α-hetero) is 3. The number of carbonyl (C=O) groups excluding carboxylic acids is 3. The topological polar surface area (TPSA) is 139 Å². The molecule has 5 rings (SSSR count). The number of likely N-dealkylation sites (tertiary alicyclic amines) is 1. The second-order valence-corrected chi connectivity index (χ2v) is 11.9. The summed E-state index contributed by atoms with van der Waals surface area (Å²) in [6.45, 7) is 2.43. The summed E-state index contributed by atoms with van der Waals surface area (Å²) in [5.74, 6) is -9.40. The number of phenols is 1. The molecule has 1 heterocycles. The molecular weight excluding hydrogens is 557 g/mol. The van der Waals surface area contributed by atoms with Gasteiger partial charge in [-0.25, -0.2) is 4.39 Å². The van der Waals surface area contributed by atoms with E-state index < -0.39 is 92.3 Å². The molecule has 226 valence electrons. The van der Waals surface area contributed by atoms with E-state index in [0.717, 1.165) is 32.3 Å². The molecule has 2 fully saturated rings. The minimum atomic E-state index is -2.76.